The summed E-state index contributed by atoms with van der Waals surface area (Å²) in [6.45, 7) is 15.3. The lowest BCUT2D eigenvalue weighted by Gasteiger charge is -2.06. The molecule has 4 atom stereocenters. The fourth-order valence-electron chi connectivity index (χ4n) is 10.0. The summed E-state index contributed by atoms with van der Waals surface area (Å²) in [4.78, 5) is 0. The Hall–Kier alpha value is -1.20. The lowest BCUT2D eigenvalue weighted by Crippen LogP contribution is -2.03. The summed E-state index contributed by atoms with van der Waals surface area (Å²) in [6.07, 6.45) is 91.8. The fraction of sp³-hybridized carbons (Fsp3) is 0.895. The van der Waals surface area contributed by atoms with Crippen molar-refractivity contribution in [2.45, 2.75) is 428 Å². The number of aliphatic hydroxyl groups is 2. The molecule has 2 aliphatic rings. The summed E-state index contributed by atoms with van der Waals surface area (Å²) < 4.78 is 10.4. The summed E-state index contributed by atoms with van der Waals surface area (Å²) in [6, 6.07) is 0. The third kappa shape index (κ3) is 83.3. The van der Waals surface area contributed by atoms with E-state index in [0.717, 1.165) is 51.7 Å². The van der Waals surface area contributed by atoms with E-state index in [4.69, 9.17) is 9.47 Å². The minimum absolute atomic E-state index is 0. The van der Waals surface area contributed by atoms with E-state index in [9.17, 15) is 10.2 Å². The maximum absolute atomic E-state index is 9.45. The maximum Gasteiger partial charge on any atom is 0.0810 e. The second kappa shape index (κ2) is 77.8. The van der Waals surface area contributed by atoms with Crippen molar-refractivity contribution in [3.05, 3.63) is 48.6 Å². The number of hydrogen-bond acceptors (Lipinski definition) is 4. The quantitative estimate of drug-likeness (QED) is 0.0362. The van der Waals surface area contributed by atoms with E-state index in [-0.39, 0.29) is 27.1 Å². The molecule has 0 bridgehead atoms. The number of rotatable bonds is 58. The molecule has 480 valence electrons. The Kier molecular flexibility index (Phi) is 82.9. The van der Waals surface area contributed by atoms with Gasteiger partial charge < -0.3 is 19.7 Å². The van der Waals surface area contributed by atoms with Crippen LogP contribution in [0.1, 0.15) is 403 Å². The molecule has 2 fully saturated rings. The van der Waals surface area contributed by atoms with Gasteiger partial charge in [-0.05, 0) is 103 Å². The van der Waals surface area contributed by atoms with Gasteiger partial charge in [0.25, 0.3) is 0 Å². The highest BCUT2D eigenvalue weighted by Crippen LogP contribution is 2.20. The molecular formula is C76H152O4. The van der Waals surface area contributed by atoms with E-state index < -0.39 is 0 Å². The van der Waals surface area contributed by atoms with Crippen molar-refractivity contribution >= 4 is 0 Å². The first-order valence-electron chi connectivity index (χ1n) is 35.7. The van der Waals surface area contributed by atoms with Crippen LogP contribution in [0.3, 0.4) is 0 Å². The molecule has 0 aliphatic carbocycles. The zero-order chi connectivity index (χ0) is 57.0. The number of ether oxygens (including phenoxy) is 2. The predicted molar refractivity (Wildman–Crippen MR) is 365 cm³/mol. The van der Waals surface area contributed by atoms with Gasteiger partial charge in [0.1, 0.15) is 0 Å². The molecule has 4 heteroatoms. The topological polar surface area (TPSA) is 65.5 Å². The van der Waals surface area contributed by atoms with Crippen molar-refractivity contribution in [1.29, 1.82) is 0 Å². The zero-order valence-corrected chi connectivity index (χ0v) is 54.2. The molecule has 4 nitrogen and oxygen atoms in total. The smallest absolute Gasteiger partial charge is 0.0810 e. The minimum Gasteiger partial charge on any atom is -0.393 e. The second-order valence-electron chi connectivity index (χ2n) is 24.1. The van der Waals surface area contributed by atoms with Crippen LogP contribution in [0, 0.1) is 0 Å². The highest BCUT2D eigenvalue weighted by Gasteiger charge is 2.21. The number of allylic oxidation sites excluding steroid dienone is 8. The second-order valence-corrected chi connectivity index (χ2v) is 24.1. The van der Waals surface area contributed by atoms with Gasteiger partial charge in [-0.25, -0.2) is 0 Å². The van der Waals surface area contributed by atoms with E-state index in [0.29, 0.717) is 12.2 Å². The first-order valence-corrected chi connectivity index (χ1v) is 35.7. The van der Waals surface area contributed by atoms with E-state index >= 15 is 0 Å². The van der Waals surface area contributed by atoms with Crippen LogP contribution < -0.4 is 0 Å². The van der Waals surface area contributed by atoms with Crippen LogP contribution >= 0.6 is 0 Å². The van der Waals surface area contributed by atoms with Crippen LogP contribution in [0.15, 0.2) is 48.6 Å². The Morgan fingerprint density at radius 2 is 0.487 bits per heavy atom. The number of hydrogen-bond donors (Lipinski definition) is 2. The molecule has 0 aromatic carbocycles. The maximum atomic E-state index is 9.45. The molecule has 0 aromatic heterocycles. The molecule has 0 saturated carbocycles. The average molecular weight is 1130 g/mol. The summed E-state index contributed by atoms with van der Waals surface area (Å²) in [5.41, 5.74) is 0. The Morgan fingerprint density at radius 1 is 0.287 bits per heavy atom. The van der Waals surface area contributed by atoms with Gasteiger partial charge in [-0.1, -0.05) is 349 Å². The molecule has 2 heterocycles. The van der Waals surface area contributed by atoms with Gasteiger partial charge in [0.15, 0.2) is 0 Å². The van der Waals surface area contributed by atoms with Crippen LogP contribution in [0.5, 0.6) is 0 Å². The van der Waals surface area contributed by atoms with Gasteiger partial charge in [0, 0.05) is 0 Å². The van der Waals surface area contributed by atoms with E-state index in [1.54, 1.807) is 0 Å². The van der Waals surface area contributed by atoms with E-state index in [2.05, 4.69) is 83.2 Å². The van der Waals surface area contributed by atoms with Crippen LogP contribution in [0.4, 0.5) is 0 Å². The van der Waals surface area contributed by atoms with Gasteiger partial charge in [-0.15, -0.1) is 0 Å². The molecular weight excluding hydrogens is 977 g/mol. The highest BCUT2D eigenvalue weighted by molar-refractivity contribution is 4.93. The van der Waals surface area contributed by atoms with Gasteiger partial charge in [0.2, 0.25) is 0 Å². The van der Waals surface area contributed by atoms with Crippen molar-refractivity contribution in [3.63, 3.8) is 0 Å². The Bertz CT molecular complexity index is 1170. The largest absolute Gasteiger partial charge is 0.393 e. The van der Waals surface area contributed by atoms with Crippen molar-refractivity contribution in [2.24, 2.45) is 0 Å². The average Bonchev–Trinajstić information content (AvgIpc) is 4.42. The van der Waals surface area contributed by atoms with Crippen LogP contribution in [0.25, 0.3) is 0 Å². The molecule has 0 radical (unpaired) electrons. The Labute approximate surface area is 506 Å². The summed E-state index contributed by atoms with van der Waals surface area (Å²) >= 11 is 0. The molecule has 2 rings (SSSR count). The molecule has 0 amide bonds. The van der Waals surface area contributed by atoms with Crippen molar-refractivity contribution in [3.8, 4) is 0 Å². The summed E-state index contributed by atoms with van der Waals surface area (Å²) in [7, 11) is 0. The number of aliphatic hydroxyl groups excluding tert-OH is 2. The van der Waals surface area contributed by atoms with Crippen LogP contribution in [0.2, 0.25) is 0 Å². The molecule has 2 aliphatic heterocycles. The molecule has 2 saturated heterocycles. The molecule has 0 aromatic rings. The van der Waals surface area contributed by atoms with Crippen LogP contribution in [-0.2, 0) is 9.47 Å². The van der Waals surface area contributed by atoms with Gasteiger partial charge >= 0.3 is 0 Å². The lowest BCUT2D eigenvalue weighted by atomic mass is 10.0. The van der Waals surface area contributed by atoms with Crippen molar-refractivity contribution in [2.75, 3.05) is 13.2 Å². The molecule has 80 heavy (non-hydrogen) atoms. The molecule has 4 unspecified atom stereocenters. The molecule has 0 spiro atoms. The standard InChI is InChI=1S/C19H40O.C19H36O.C18H36O.C18H32O.2CH4/c2*1-3-5-6-7-8-9-10-11-12-13-14-15-16-17-18-19(20)4-2;2*1-2-3-4-5-6-7-8-9-10-11-12-13-14-15-16-18-17-19-18;;/h19-20H,3-18H2,1-2H3;8-9,11-12,19-20H,3-7,10,13-18H2,1-2H3;18H,2-17H2,1H3;6-7,9-10,18H,2-5,8,11-17H2,1H3;2*1H4/b;9-8+,12-11+;;7-6+,10-9+;;. The zero-order valence-electron chi connectivity index (χ0n) is 54.2. The summed E-state index contributed by atoms with van der Waals surface area (Å²) in [5, 5.41) is 18.9. The normalized spacial score (nSPS) is 15.2. The third-order valence-electron chi connectivity index (χ3n) is 16.0. The lowest BCUT2D eigenvalue weighted by molar-refractivity contribution is 0.156. The minimum atomic E-state index is -0.0704. The first kappa shape index (κ1) is 85.2. The monoisotopic (exact) mass is 1130 g/mol. The van der Waals surface area contributed by atoms with Gasteiger partial charge in [0.05, 0.1) is 37.6 Å². The van der Waals surface area contributed by atoms with E-state index in [1.807, 2.05) is 6.92 Å². The fourth-order valence-corrected chi connectivity index (χ4v) is 10.0. The SMILES string of the molecule is C.C.CCCCC/C=C/C/C=C/CCCCCCC(O)CC.CCCCC/C=C/C/C=C/CCCCCCC1CO1.CCCCCCCCCCCCCCCCC(O)CC.CCCCCCCCCCCCCCCCC1CO1. The number of unbranched alkanes of at least 4 members (excludes halogenated alkanes) is 40. The summed E-state index contributed by atoms with van der Waals surface area (Å²) in [5.74, 6) is 0. The van der Waals surface area contributed by atoms with Gasteiger partial charge in [-0.2, -0.15) is 0 Å². The van der Waals surface area contributed by atoms with Crippen LogP contribution in [-0.4, -0.2) is 47.8 Å². The van der Waals surface area contributed by atoms with Gasteiger partial charge in [-0.3, -0.25) is 0 Å². The van der Waals surface area contributed by atoms with Crippen molar-refractivity contribution < 1.29 is 19.7 Å². The first-order chi connectivity index (χ1) is 38.5. The van der Waals surface area contributed by atoms with E-state index in [1.165, 1.54) is 308 Å². The van der Waals surface area contributed by atoms with Crippen molar-refractivity contribution in [1.82, 2.24) is 0 Å². The Balaban J connectivity index is -0.000000477. The third-order valence-corrected chi connectivity index (χ3v) is 16.0. The number of epoxide rings is 2. The predicted octanol–water partition coefficient (Wildman–Crippen LogP) is 26.1. The highest BCUT2D eigenvalue weighted by atomic mass is 16.6. The Morgan fingerprint density at radius 3 is 0.725 bits per heavy atom. The molecule has 2 N–H and O–H groups in total.